The highest BCUT2D eigenvalue weighted by atomic mass is 19.4. The molecule has 0 heterocycles. The lowest BCUT2D eigenvalue weighted by Gasteiger charge is -2.27. The van der Waals surface area contributed by atoms with E-state index in [1.165, 1.54) is 4.90 Å². The Morgan fingerprint density at radius 1 is 1.40 bits per heavy atom. The van der Waals surface area contributed by atoms with Crippen molar-refractivity contribution < 1.29 is 13.2 Å². The van der Waals surface area contributed by atoms with Crippen molar-refractivity contribution in [2.45, 2.75) is 32.0 Å². The minimum atomic E-state index is -4.09. The minimum Gasteiger partial charge on any atom is -0.315 e. The predicted octanol–water partition coefficient (Wildman–Crippen LogP) is 1.87. The molecule has 0 saturated heterocycles. The summed E-state index contributed by atoms with van der Waals surface area (Å²) in [6.45, 7) is 1.92. The number of hydrogen-bond donors (Lipinski definition) is 1. The fourth-order valence-corrected chi connectivity index (χ4v) is 1.81. The van der Waals surface area contributed by atoms with Gasteiger partial charge in [-0.15, -0.1) is 0 Å². The van der Waals surface area contributed by atoms with Gasteiger partial charge in [0.15, 0.2) is 0 Å². The zero-order valence-electron chi connectivity index (χ0n) is 9.27. The molecule has 0 spiro atoms. The van der Waals surface area contributed by atoms with Gasteiger partial charge in [0.1, 0.15) is 0 Å². The quantitative estimate of drug-likeness (QED) is 0.741. The maximum atomic E-state index is 12.2. The van der Waals surface area contributed by atoms with Crippen LogP contribution < -0.4 is 5.32 Å². The van der Waals surface area contributed by atoms with Gasteiger partial charge < -0.3 is 5.32 Å². The summed E-state index contributed by atoms with van der Waals surface area (Å²) in [4.78, 5) is 1.46. The molecule has 0 aliphatic heterocycles. The normalized spacial score (nSPS) is 19.6. The van der Waals surface area contributed by atoms with Crippen molar-refractivity contribution in [3.63, 3.8) is 0 Å². The largest absolute Gasteiger partial charge is 0.401 e. The van der Waals surface area contributed by atoms with Crippen molar-refractivity contribution >= 4 is 0 Å². The molecule has 1 fully saturated rings. The van der Waals surface area contributed by atoms with Crippen LogP contribution in [0.5, 0.6) is 0 Å². The van der Waals surface area contributed by atoms with Crippen LogP contribution in [0.1, 0.15) is 19.8 Å². The Kier molecular flexibility index (Phi) is 4.40. The van der Waals surface area contributed by atoms with Gasteiger partial charge in [-0.25, -0.2) is 0 Å². The molecule has 15 heavy (non-hydrogen) atoms. The van der Waals surface area contributed by atoms with Gasteiger partial charge in [0.05, 0.1) is 6.54 Å². The molecule has 2 nitrogen and oxygen atoms in total. The molecule has 1 rings (SSSR count). The van der Waals surface area contributed by atoms with Crippen LogP contribution in [0.3, 0.4) is 0 Å². The number of alkyl halides is 3. The molecule has 1 unspecified atom stereocenters. The summed E-state index contributed by atoms with van der Waals surface area (Å²) < 4.78 is 36.6. The van der Waals surface area contributed by atoms with Crippen molar-refractivity contribution in [1.82, 2.24) is 10.2 Å². The molecule has 0 radical (unpaired) electrons. The van der Waals surface area contributed by atoms with E-state index < -0.39 is 12.7 Å². The van der Waals surface area contributed by atoms with Gasteiger partial charge in [-0.05, 0) is 32.4 Å². The zero-order chi connectivity index (χ0) is 11.5. The van der Waals surface area contributed by atoms with Crippen molar-refractivity contribution in [2.24, 2.45) is 5.92 Å². The van der Waals surface area contributed by atoms with E-state index in [4.69, 9.17) is 0 Å². The second-order valence-electron chi connectivity index (χ2n) is 4.18. The maximum absolute atomic E-state index is 12.2. The molecule has 0 amide bonds. The first-order valence-electron chi connectivity index (χ1n) is 5.42. The molecule has 1 N–H and O–H groups in total. The molecule has 1 aliphatic rings. The van der Waals surface area contributed by atoms with Crippen LogP contribution in [0.2, 0.25) is 0 Å². The number of nitrogens with zero attached hydrogens (tertiary/aromatic N) is 1. The van der Waals surface area contributed by atoms with Crippen molar-refractivity contribution in [2.75, 3.05) is 26.7 Å². The van der Waals surface area contributed by atoms with E-state index in [9.17, 15) is 13.2 Å². The average molecular weight is 224 g/mol. The van der Waals surface area contributed by atoms with E-state index in [0.717, 1.165) is 12.8 Å². The number of likely N-dealkylation sites (N-methyl/N-ethyl adjacent to an activating group) is 2. The maximum Gasteiger partial charge on any atom is 0.401 e. The third-order valence-corrected chi connectivity index (χ3v) is 2.87. The van der Waals surface area contributed by atoms with Crippen LogP contribution in [0.4, 0.5) is 13.2 Å². The van der Waals surface area contributed by atoms with Gasteiger partial charge in [0.2, 0.25) is 0 Å². The van der Waals surface area contributed by atoms with Crippen LogP contribution in [-0.2, 0) is 0 Å². The second kappa shape index (κ2) is 5.16. The molecule has 0 bridgehead atoms. The van der Waals surface area contributed by atoms with E-state index in [2.05, 4.69) is 5.32 Å². The molecule has 1 aliphatic carbocycles. The smallest absolute Gasteiger partial charge is 0.315 e. The number of halogens is 3. The summed E-state index contributed by atoms with van der Waals surface area (Å²) in [6.07, 6.45) is -1.79. The molecule has 1 saturated carbocycles. The average Bonchev–Trinajstić information content (AvgIpc) is 2.93. The van der Waals surface area contributed by atoms with E-state index in [1.54, 1.807) is 6.92 Å². The highest BCUT2D eigenvalue weighted by Crippen LogP contribution is 2.33. The Morgan fingerprint density at radius 3 is 2.33 bits per heavy atom. The van der Waals surface area contributed by atoms with Crippen molar-refractivity contribution in [1.29, 1.82) is 0 Å². The van der Waals surface area contributed by atoms with Gasteiger partial charge in [-0.2, -0.15) is 13.2 Å². The monoisotopic (exact) mass is 224 g/mol. The number of rotatable bonds is 6. The molecular formula is C10H19F3N2. The number of hydrogen-bond acceptors (Lipinski definition) is 2. The lowest BCUT2D eigenvalue weighted by molar-refractivity contribution is -0.146. The summed E-state index contributed by atoms with van der Waals surface area (Å²) >= 11 is 0. The SMILES string of the molecule is CCN(CC(NC)C1CC1)CC(F)(F)F. The molecule has 5 heteroatoms. The van der Waals surface area contributed by atoms with Crippen LogP contribution in [0, 0.1) is 5.92 Å². The fraction of sp³-hybridized carbons (Fsp3) is 1.00. The van der Waals surface area contributed by atoms with Crippen LogP contribution in [0.25, 0.3) is 0 Å². The predicted molar refractivity (Wildman–Crippen MR) is 53.7 cm³/mol. The Labute approximate surface area is 88.8 Å². The van der Waals surface area contributed by atoms with Gasteiger partial charge in [0, 0.05) is 12.6 Å². The topological polar surface area (TPSA) is 15.3 Å². The third kappa shape index (κ3) is 4.84. The van der Waals surface area contributed by atoms with Gasteiger partial charge >= 0.3 is 6.18 Å². The van der Waals surface area contributed by atoms with Crippen molar-refractivity contribution in [3.05, 3.63) is 0 Å². The van der Waals surface area contributed by atoms with E-state index in [0.29, 0.717) is 19.0 Å². The van der Waals surface area contributed by atoms with Crippen LogP contribution in [-0.4, -0.2) is 43.8 Å². The van der Waals surface area contributed by atoms with Gasteiger partial charge in [0.25, 0.3) is 0 Å². The Bertz CT molecular complexity index is 190. The van der Waals surface area contributed by atoms with Gasteiger partial charge in [-0.3, -0.25) is 4.90 Å². The highest BCUT2D eigenvalue weighted by molar-refractivity contribution is 4.87. The highest BCUT2D eigenvalue weighted by Gasteiger charge is 2.34. The lowest BCUT2D eigenvalue weighted by atomic mass is 10.1. The van der Waals surface area contributed by atoms with Crippen LogP contribution >= 0.6 is 0 Å². The standard InChI is InChI=1S/C10H19F3N2/c1-3-15(7-10(11,12)13)6-9(14-2)8-4-5-8/h8-9,14H,3-7H2,1-2H3. The Balaban J connectivity index is 2.37. The first kappa shape index (κ1) is 12.8. The molecule has 0 aromatic rings. The summed E-state index contributed by atoms with van der Waals surface area (Å²) in [7, 11) is 1.82. The fourth-order valence-electron chi connectivity index (χ4n) is 1.81. The van der Waals surface area contributed by atoms with Gasteiger partial charge in [-0.1, -0.05) is 6.92 Å². The molecule has 0 aromatic heterocycles. The summed E-state index contributed by atoms with van der Waals surface area (Å²) in [5, 5.41) is 3.11. The first-order chi connectivity index (χ1) is 6.96. The second-order valence-corrected chi connectivity index (χ2v) is 4.18. The zero-order valence-corrected chi connectivity index (χ0v) is 9.27. The summed E-state index contributed by atoms with van der Waals surface area (Å²) in [6, 6.07) is 0.215. The van der Waals surface area contributed by atoms with E-state index >= 15 is 0 Å². The summed E-state index contributed by atoms with van der Waals surface area (Å²) in [5.41, 5.74) is 0. The van der Waals surface area contributed by atoms with E-state index in [-0.39, 0.29) is 6.04 Å². The number of nitrogens with one attached hydrogen (secondary N) is 1. The molecular weight excluding hydrogens is 205 g/mol. The Morgan fingerprint density at radius 2 is 2.00 bits per heavy atom. The third-order valence-electron chi connectivity index (χ3n) is 2.87. The minimum absolute atomic E-state index is 0.215. The Hall–Kier alpha value is -0.290. The summed E-state index contributed by atoms with van der Waals surface area (Å²) in [5.74, 6) is 0.581. The molecule has 1 atom stereocenters. The van der Waals surface area contributed by atoms with Crippen molar-refractivity contribution in [3.8, 4) is 0 Å². The molecule has 0 aromatic carbocycles. The first-order valence-corrected chi connectivity index (χ1v) is 5.42. The van der Waals surface area contributed by atoms with E-state index in [1.807, 2.05) is 7.05 Å². The lowest BCUT2D eigenvalue weighted by Crippen LogP contribution is -2.44. The van der Waals surface area contributed by atoms with Crippen LogP contribution in [0.15, 0.2) is 0 Å². The molecule has 90 valence electrons.